The number of rotatable bonds is 4. The SMILES string of the molecule is COc1cc(F)c(C(=O)N2CCC(C)(CN)C2)cc1OC.Cl. The zero-order valence-electron chi connectivity index (χ0n) is 13.0. The van der Waals surface area contributed by atoms with Crippen LogP contribution in [0.15, 0.2) is 12.1 Å². The lowest BCUT2D eigenvalue weighted by molar-refractivity contribution is 0.0771. The largest absolute Gasteiger partial charge is 0.493 e. The van der Waals surface area contributed by atoms with Crippen LogP contribution in [0.25, 0.3) is 0 Å². The first-order valence-electron chi connectivity index (χ1n) is 6.85. The van der Waals surface area contributed by atoms with E-state index in [1.165, 1.54) is 26.4 Å². The lowest BCUT2D eigenvalue weighted by Gasteiger charge is -2.23. The number of nitrogens with two attached hydrogens (primary N) is 1. The van der Waals surface area contributed by atoms with Crippen molar-refractivity contribution in [2.45, 2.75) is 13.3 Å². The molecule has 0 aliphatic carbocycles. The Kier molecular flexibility index (Phi) is 6.02. The highest BCUT2D eigenvalue weighted by molar-refractivity contribution is 5.95. The molecule has 1 aromatic rings. The van der Waals surface area contributed by atoms with E-state index in [2.05, 4.69) is 0 Å². The fourth-order valence-electron chi connectivity index (χ4n) is 2.55. The molecule has 1 saturated heterocycles. The number of methoxy groups -OCH3 is 2. The second-order valence-electron chi connectivity index (χ2n) is 5.68. The Balaban J connectivity index is 0.00000242. The Labute approximate surface area is 136 Å². The molecule has 0 aromatic heterocycles. The summed E-state index contributed by atoms with van der Waals surface area (Å²) in [6, 6.07) is 2.55. The smallest absolute Gasteiger partial charge is 0.256 e. The molecule has 1 aliphatic heterocycles. The summed E-state index contributed by atoms with van der Waals surface area (Å²) in [6.07, 6.45) is 0.824. The lowest BCUT2D eigenvalue weighted by Crippen LogP contribution is -2.34. The summed E-state index contributed by atoms with van der Waals surface area (Å²) in [5, 5.41) is 0. The van der Waals surface area contributed by atoms with Crippen molar-refractivity contribution in [2.24, 2.45) is 11.1 Å². The molecule has 1 fully saturated rings. The third-order valence-corrected chi connectivity index (χ3v) is 4.04. The number of benzene rings is 1. The standard InChI is InChI=1S/C15H21FN2O3.ClH/c1-15(8-17)4-5-18(9-15)14(19)10-6-12(20-2)13(21-3)7-11(10)16;/h6-7H,4-5,8-9,17H2,1-3H3;1H. The first kappa shape index (κ1) is 18.5. The van der Waals surface area contributed by atoms with Gasteiger partial charge in [-0.2, -0.15) is 0 Å². The summed E-state index contributed by atoms with van der Waals surface area (Å²) in [5.74, 6) is -0.354. The van der Waals surface area contributed by atoms with Gasteiger partial charge in [-0.25, -0.2) is 4.39 Å². The van der Waals surface area contributed by atoms with Gasteiger partial charge >= 0.3 is 0 Å². The molecule has 0 spiro atoms. The van der Waals surface area contributed by atoms with Gasteiger partial charge in [0.2, 0.25) is 0 Å². The normalized spacial score (nSPS) is 20.5. The van der Waals surface area contributed by atoms with Crippen LogP contribution < -0.4 is 15.2 Å². The number of carbonyl (C=O) groups is 1. The van der Waals surface area contributed by atoms with Gasteiger partial charge in [-0.15, -0.1) is 12.4 Å². The molecule has 1 aromatic carbocycles. The van der Waals surface area contributed by atoms with E-state index in [1.807, 2.05) is 6.92 Å². The van der Waals surface area contributed by atoms with Gasteiger partial charge in [0.1, 0.15) is 5.82 Å². The van der Waals surface area contributed by atoms with Crippen LogP contribution in [0.1, 0.15) is 23.7 Å². The molecule has 0 radical (unpaired) electrons. The number of likely N-dealkylation sites (tertiary alicyclic amines) is 1. The van der Waals surface area contributed by atoms with Crippen LogP contribution in [-0.4, -0.2) is 44.7 Å². The third kappa shape index (κ3) is 3.44. The minimum atomic E-state index is -0.612. The van der Waals surface area contributed by atoms with E-state index in [9.17, 15) is 9.18 Å². The summed E-state index contributed by atoms with van der Waals surface area (Å²) in [7, 11) is 2.87. The van der Waals surface area contributed by atoms with Crippen molar-refractivity contribution in [3.63, 3.8) is 0 Å². The summed E-state index contributed by atoms with van der Waals surface area (Å²) < 4.78 is 24.3. The maximum Gasteiger partial charge on any atom is 0.256 e. The van der Waals surface area contributed by atoms with E-state index < -0.39 is 5.82 Å². The van der Waals surface area contributed by atoms with Gasteiger partial charge in [0.15, 0.2) is 11.5 Å². The number of halogens is 2. The Morgan fingerprint density at radius 2 is 1.95 bits per heavy atom. The maximum atomic E-state index is 14.1. The van der Waals surface area contributed by atoms with Crippen molar-refractivity contribution in [1.82, 2.24) is 4.90 Å². The number of nitrogens with zero attached hydrogens (tertiary/aromatic N) is 1. The van der Waals surface area contributed by atoms with E-state index in [1.54, 1.807) is 4.90 Å². The van der Waals surface area contributed by atoms with Crippen molar-refractivity contribution < 1.29 is 18.7 Å². The third-order valence-electron chi connectivity index (χ3n) is 4.04. The highest BCUT2D eigenvalue weighted by Crippen LogP contribution is 2.33. The van der Waals surface area contributed by atoms with E-state index in [-0.39, 0.29) is 35.0 Å². The first-order valence-corrected chi connectivity index (χ1v) is 6.85. The zero-order chi connectivity index (χ0) is 15.6. The average Bonchev–Trinajstić information content (AvgIpc) is 2.89. The second-order valence-corrected chi connectivity index (χ2v) is 5.68. The zero-order valence-corrected chi connectivity index (χ0v) is 13.8. The summed E-state index contributed by atoms with van der Waals surface area (Å²) in [5.41, 5.74) is 5.63. The van der Waals surface area contributed by atoms with E-state index in [4.69, 9.17) is 15.2 Å². The molecule has 2 rings (SSSR count). The Morgan fingerprint density at radius 3 is 2.45 bits per heavy atom. The van der Waals surface area contributed by atoms with Gasteiger partial charge in [-0.1, -0.05) is 6.92 Å². The van der Waals surface area contributed by atoms with Crippen molar-refractivity contribution >= 4 is 18.3 Å². The summed E-state index contributed by atoms with van der Waals surface area (Å²) >= 11 is 0. The van der Waals surface area contributed by atoms with Crippen molar-refractivity contribution in [1.29, 1.82) is 0 Å². The van der Waals surface area contributed by atoms with Crippen LogP contribution in [-0.2, 0) is 0 Å². The van der Waals surface area contributed by atoms with E-state index in [0.29, 0.717) is 25.4 Å². The van der Waals surface area contributed by atoms with Crippen molar-refractivity contribution in [3.8, 4) is 11.5 Å². The molecule has 2 N–H and O–H groups in total. The van der Waals surface area contributed by atoms with Gasteiger partial charge in [0.25, 0.3) is 5.91 Å². The highest BCUT2D eigenvalue weighted by Gasteiger charge is 2.36. The lowest BCUT2D eigenvalue weighted by atomic mass is 9.90. The van der Waals surface area contributed by atoms with Crippen LogP contribution in [0.5, 0.6) is 11.5 Å². The van der Waals surface area contributed by atoms with Crippen LogP contribution in [0.2, 0.25) is 0 Å². The van der Waals surface area contributed by atoms with Gasteiger partial charge in [0.05, 0.1) is 19.8 Å². The van der Waals surface area contributed by atoms with Gasteiger partial charge < -0.3 is 20.1 Å². The van der Waals surface area contributed by atoms with Crippen LogP contribution in [0, 0.1) is 11.2 Å². The number of hydrogen-bond donors (Lipinski definition) is 1. The molecule has 1 atom stereocenters. The van der Waals surface area contributed by atoms with Crippen molar-refractivity contribution in [3.05, 3.63) is 23.5 Å². The Morgan fingerprint density at radius 1 is 1.36 bits per heavy atom. The van der Waals surface area contributed by atoms with E-state index in [0.717, 1.165) is 6.42 Å². The molecule has 1 amide bonds. The first-order chi connectivity index (χ1) is 9.94. The summed E-state index contributed by atoms with van der Waals surface area (Å²) in [4.78, 5) is 14.1. The van der Waals surface area contributed by atoms with E-state index >= 15 is 0 Å². The average molecular weight is 333 g/mol. The second kappa shape index (κ2) is 7.15. The van der Waals surface area contributed by atoms with Gasteiger partial charge in [-0.05, 0) is 24.4 Å². The topological polar surface area (TPSA) is 64.8 Å². The number of amides is 1. The number of ether oxygens (including phenoxy) is 2. The molecule has 1 heterocycles. The quantitative estimate of drug-likeness (QED) is 0.916. The molecule has 0 saturated carbocycles. The molecular weight excluding hydrogens is 311 g/mol. The Bertz CT molecular complexity index is 556. The minimum absolute atomic E-state index is 0. The molecule has 1 aliphatic rings. The number of carbonyl (C=O) groups excluding carboxylic acids is 1. The molecule has 7 heteroatoms. The Hall–Kier alpha value is -1.53. The predicted molar refractivity (Wildman–Crippen MR) is 84.4 cm³/mol. The highest BCUT2D eigenvalue weighted by atomic mass is 35.5. The van der Waals surface area contributed by atoms with Crippen molar-refractivity contribution in [2.75, 3.05) is 33.9 Å². The maximum absolute atomic E-state index is 14.1. The van der Waals surface area contributed by atoms with Gasteiger partial charge in [0, 0.05) is 19.2 Å². The predicted octanol–water partition coefficient (Wildman–Crippen LogP) is 2.08. The fourth-order valence-corrected chi connectivity index (χ4v) is 2.55. The molecule has 22 heavy (non-hydrogen) atoms. The molecule has 5 nitrogen and oxygen atoms in total. The van der Waals surface area contributed by atoms with Crippen LogP contribution >= 0.6 is 12.4 Å². The molecule has 124 valence electrons. The monoisotopic (exact) mass is 332 g/mol. The van der Waals surface area contributed by atoms with Gasteiger partial charge in [-0.3, -0.25) is 4.79 Å². The molecule has 1 unspecified atom stereocenters. The molecular formula is C15H22ClFN2O3. The van der Waals surface area contributed by atoms with Crippen LogP contribution in [0.4, 0.5) is 4.39 Å². The minimum Gasteiger partial charge on any atom is -0.493 e. The number of hydrogen-bond acceptors (Lipinski definition) is 4. The van der Waals surface area contributed by atoms with Crippen LogP contribution in [0.3, 0.4) is 0 Å². The fraction of sp³-hybridized carbons (Fsp3) is 0.533. The summed E-state index contributed by atoms with van der Waals surface area (Å²) in [6.45, 7) is 3.66. The molecule has 0 bridgehead atoms.